The van der Waals surface area contributed by atoms with E-state index in [2.05, 4.69) is 4.74 Å². The Morgan fingerprint density at radius 3 is 2.14 bits per heavy atom. The number of carboxylic acid groups (broad SMARTS) is 1. The molecule has 2 aliphatic rings. The highest BCUT2D eigenvalue weighted by Gasteiger charge is 2.63. The van der Waals surface area contributed by atoms with Crippen LogP contribution in [-0.2, 0) is 11.3 Å². The van der Waals surface area contributed by atoms with Crippen LogP contribution in [0.5, 0.6) is 5.75 Å². The zero-order chi connectivity index (χ0) is 27.8. The molecule has 2 aliphatic heterocycles. The molecule has 7 nitrogen and oxygen atoms in total. The molecule has 1 aromatic carbocycles. The third-order valence-corrected chi connectivity index (χ3v) is 6.35. The van der Waals surface area contributed by atoms with Crippen molar-refractivity contribution in [1.29, 1.82) is 0 Å². The lowest BCUT2D eigenvalue weighted by Gasteiger charge is -2.48. The number of morpholine rings is 1. The zero-order valence-corrected chi connectivity index (χ0v) is 19.3. The van der Waals surface area contributed by atoms with Gasteiger partial charge in [-0.05, 0) is 13.0 Å². The molecule has 2 atom stereocenters. The summed E-state index contributed by atoms with van der Waals surface area (Å²) >= 11 is 0. The second kappa shape index (κ2) is 10.6. The summed E-state index contributed by atoms with van der Waals surface area (Å²) in [5, 5.41) is 9.30. The van der Waals surface area contributed by atoms with Crippen LogP contribution in [0, 0.1) is 5.92 Å². The molecule has 0 radical (unpaired) electrons. The highest BCUT2D eigenvalue weighted by Crippen LogP contribution is 2.46. The summed E-state index contributed by atoms with van der Waals surface area (Å²) in [6.07, 6.45) is -18.5. The quantitative estimate of drug-likeness (QED) is 0.533. The van der Waals surface area contributed by atoms with E-state index in [1.807, 2.05) is 0 Å². The first kappa shape index (κ1) is 28.9. The Morgan fingerprint density at radius 1 is 1.03 bits per heavy atom. The molecule has 0 bridgehead atoms. The second-order valence-electron chi connectivity index (χ2n) is 8.68. The lowest BCUT2D eigenvalue weighted by Crippen LogP contribution is -2.66. The average Bonchev–Trinajstić information content (AvgIpc) is 2.74. The van der Waals surface area contributed by atoms with Crippen molar-refractivity contribution in [2.24, 2.45) is 5.92 Å². The Morgan fingerprint density at radius 2 is 1.62 bits per heavy atom. The number of halogens is 9. The summed E-state index contributed by atoms with van der Waals surface area (Å²) in [5.41, 5.74) is -0.00576. The van der Waals surface area contributed by atoms with Crippen molar-refractivity contribution in [3.05, 3.63) is 23.8 Å². The van der Waals surface area contributed by atoms with Crippen LogP contribution < -0.4 is 9.64 Å². The maximum atomic E-state index is 13.7. The summed E-state index contributed by atoms with van der Waals surface area (Å²) in [7, 11) is 0. The molecule has 16 heteroatoms. The fourth-order valence-electron chi connectivity index (χ4n) is 4.73. The molecule has 2 fully saturated rings. The SMILES string of the molecule is CC1C(C(C(F)(F)F)C(F)(F)F)N(Cc2ccc(N3CCOCC3)cc2OC(F)(F)F)CCN1C(=O)O. The minimum absolute atomic E-state index is 0.301. The van der Waals surface area contributed by atoms with E-state index >= 15 is 0 Å². The number of ether oxygens (including phenoxy) is 2. The van der Waals surface area contributed by atoms with Crippen LogP contribution in [0.25, 0.3) is 0 Å². The van der Waals surface area contributed by atoms with Crippen LogP contribution >= 0.6 is 0 Å². The number of hydrogen-bond acceptors (Lipinski definition) is 5. The molecule has 0 saturated carbocycles. The topological polar surface area (TPSA) is 65.5 Å². The van der Waals surface area contributed by atoms with E-state index in [9.17, 15) is 49.4 Å². The van der Waals surface area contributed by atoms with Crippen molar-refractivity contribution in [1.82, 2.24) is 9.80 Å². The third kappa shape index (κ3) is 7.03. The van der Waals surface area contributed by atoms with Gasteiger partial charge in [-0.15, -0.1) is 13.2 Å². The molecule has 2 unspecified atom stereocenters. The number of rotatable bonds is 5. The van der Waals surface area contributed by atoms with Crippen LogP contribution in [-0.4, -0.2) is 91.2 Å². The molecule has 2 saturated heterocycles. The lowest BCUT2D eigenvalue weighted by atomic mass is 9.88. The Kier molecular flexibility index (Phi) is 8.32. The van der Waals surface area contributed by atoms with Gasteiger partial charge in [-0.1, -0.05) is 6.07 Å². The number of benzene rings is 1. The maximum absolute atomic E-state index is 13.7. The fourth-order valence-corrected chi connectivity index (χ4v) is 4.73. The van der Waals surface area contributed by atoms with Gasteiger partial charge in [-0.2, -0.15) is 26.3 Å². The molecule has 37 heavy (non-hydrogen) atoms. The van der Waals surface area contributed by atoms with E-state index in [-0.39, 0.29) is 5.56 Å². The van der Waals surface area contributed by atoms with E-state index in [1.165, 1.54) is 6.07 Å². The molecule has 2 heterocycles. The summed E-state index contributed by atoms with van der Waals surface area (Å²) in [5.74, 6) is -4.73. The minimum Gasteiger partial charge on any atom is -0.465 e. The number of alkyl halides is 9. The molecular formula is C21H24F9N3O4. The summed E-state index contributed by atoms with van der Waals surface area (Å²) < 4.78 is 131. The smallest absolute Gasteiger partial charge is 0.465 e. The van der Waals surface area contributed by atoms with Crippen molar-refractivity contribution in [3.8, 4) is 5.75 Å². The minimum atomic E-state index is -5.80. The molecule has 0 aliphatic carbocycles. The van der Waals surface area contributed by atoms with E-state index in [1.54, 1.807) is 4.90 Å². The monoisotopic (exact) mass is 553 g/mol. The van der Waals surface area contributed by atoms with Crippen molar-refractivity contribution in [2.45, 2.75) is 44.3 Å². The normalized spacial score (nSPS) is 22.5. The summed E-state index contributed by atoms with van der Waals surface area (Å²) in [6, 6.07) is -0.680. The Balaban J connectivity index is 2.02. The highest BCUT2D eigenvalue weighted by molar-refractivity contribution is 5.65. The molecule has 0 aromatic heterocycles. The van der Waals surface area contributed by atoms with Crippen LogP contribution in [0.1, 0.15) is 12.5 Å². The Labute approximate surface area is 205 Å². The lowest BCUT2D eigenvalue weighted by molar-refractivity contribution is -0.306. The van der Waals surface area contributed by atoms with Gasteiger partial charge < -0.3 is 24.4 Å². The molecule has 0 spiro atoms. The fraction of sp³-hybridized carbons (Fsp3) is 0.667. The number of anilines is 1. The number of carbonyl (C=O) groups is 1. The zero-order valence-electron chi connectivity index (χ0n) is 19.3. The molecule has 3 rings (SSSR count). The Hall–Kier alpha value is -2.62. The van der Waals surface area contributed by atoms with Crippen molar-refractivity contribution in [3.63, 3.8) is 0 Å². The molecule has 1 amide bonds. The van der Waals surface area contributed by atoms with Crippen LogP contribution in [0.3, 0.4) is 0 Å². The number of nitrogens with zero attached hydrogens (tertiary/aromatic N) is 3. The van der Waals surface area contributed by atoms with E-state index in [0.717, 1.165) is 19.1 Å². The van der Waals surface area contributed by atoms with Gasteiger partial charge in [0.2, 0.25) is 0 Å². The van der Waals surface area contributed by atoms with Gasteiger partial charge >= 0.3 is 24.8 Å². The van der Waals surface area contributed by atoms with Crippen molar-refractivity contribution < 1.29 is 58.9 Å². The standard InChI is InChI=1S/C21H24F9N3O4/c1-12-16(17(19(22,23)24)20(25,26)27)32(4-5-33(12)18(34)35)11-13-2-3-14(31-6-8-36-9-7-31)10-15(13)37-21(28,29)30/h2-3,10,12,16-17H,4-9,11H2,1H3,(H,34,35). The van der Waals surface area contributed by atoms with Gasteiger partial charge in [0.25, 0.3) is 0 Å². The Bertz CT molecular complexity index is 935. The summed E-state index contributed by atoms with van der Waals surface area (Å²) in [4.78, 5) is 14.3. The second-order valence-corrected chi connectivity index (χ2v) is 8.68. The average molecular weight is 553 g/mol. The third-order valence-electron chi connectivity index (χ3n) is 6.35. The van der Waals surface area contributed by atoms with Gasteiger partial charge in [0.15, 0.2) is 5.92 Å². The van der Waals surface area contributed by atoms with Gasteiger partial charge in [0.05, 0.1) is 19.3 Å². The number of amides is 1. The number of hydrogen-bond donors (Lipinski definition) is 1. The first-order valence-electron chi connectivity index (χ1n) is 11.1. The largest absolute Gasteiger partial charge is 0.573 e. The molecule has 210 valence electrons. The van der Waals surface area contributed by atoms with Crippen molar-refractivity contribution in [2.75, 3.05) is 44.3 Å². The first-order valence-corrected chi connectivity index (χ1v) is 11.1. The van der Waals surface area contributed by atoms with Crippen molar-refractivity contribution >= 4 is 11.8 Å². The van der Waals surface area contributed by atoms with Gasteiger partial charge in [0, 0.05) is 56.1 Å². The van der Waals surface area contributed by atoms with E-state index < -0.39 is 68.2 Å². The highest BCUT2D eigenvalue weighted by atomic mass is 19.4. The summed E-state index contributed by atoms with van der Waals surface area (Å²) in [6.45, 7) is 0.407. The van der Waals surface area contributed by atoms with Crippen LogP contribution in [0.4, 0.5) is 50.0 Å². The van der Waals surface area contributed by atoms with E-state index in [0.29, 0.717) is 41.8 Å². The predicted octanol–water partition coefficient (Wildman–Crippen LogP) is 4.72. The van der Waals surface area contributed by atoms with Gasteiger partial charge in [-0.3, -0.25) is 4.90 Å². The predicted molar refractivity (Wildman–Crippen MR) is 110 cm³/mol. The maximum Gasteiger partial charge on any atom is 0.573 e. The van der Waals surface area contributed by atoms with Gasteiger partial charge in [0.1, 0.15) is 5.75 Å². The number of piperazine rings is 1. The molecule has 1 N–H and O–H groups in total. The van der Waals surface area contributed by atoms with E-state index in [4.69, 9.17) is 4.74 Å². The van der Waals surface area contributed by atoms with Crippen LogP contribution in [0.2, 0.25) is 0 Å². The van der Waals surface area contributed by atoms with Crippen LogP contribution in [0.15, 0.2) is 18.2 Å². The molecule has 1 aromatic rings. The first-order chi connectivity index (χ1) is 17.0. The molecular weight excluding hydrogens is 529 g/mol. The van der Waals surface area contributed by atoms with Gasteiger partial charge in [-0.25, -0.2) is 4.79 Å².